The number of hydrogen-bond acceptors (Lipinski definition) is 4. The number of nitrogens with zero attached hydrogens (tertiary/aromatic N) is 1. The zero-order chi connectivity index (χ0) is 18.6. The number of hydrogen-bond donors (Lipinski definition) is 1. The van der Waals surface area contributed by atoms with E-state index in [1.54, 1.807) is 6.07 Å². The fraction of sp³-hybridized carbons (Fsp3) is 0.263. The summed E-state index contributed by atoms with van der Waals surface area (Å²) in [6.07, 6.45) is -1.92. The van der Waals surface area contributed by atoms with Crippen molar-refractivity contribution in [3.8, 4) is 5.75 Å². The molecule has 0 fully saturated rings. The molecule has 1 unspecified atom stereocenters. The van der Waals surface area contributed by atoms with Crippen LogP contribution in [0.3, 0.4) is 0 Å². The molecule has 1 atom stereocenters. The Hall–Kier alpha value is -2.12. The van der Waals surface area contributed by atoms with Crippen LogP contribution in [0.4, 0.5) is 13.2 Å². The summed E-state index contributed by atoms with van der Waals surface area (Å²) in [7, 11) is 0. The van der Waals surface area contributed by atoms with Gasteiger partial charge in [-0.05, 0) is 41.2 Å². The quantitative estimate of drug-likeness (QED) is 0.796. The Morgan fingerprint density at radius 2 is 1.85 bits per heavy atom. The van der Waals surface area contributed by atoms with Crippen LogP contribution in [0.15, 0.2) is 60.1 Å². The molecule has 0 spiro atoms. The molecule has 0 amide bonds. The summed E-state index contributed by atoms with van der Waals surface area (Å²) in [5, 5.41) is 1.92. The minimum Gasteiger partial charge on any atom is -0.461 e. The van der Waals surface area contributed by atoms with Gasteiger partial charge in [0.1, 0.15) is 5.75 Å². The molecule has 7 heteroatoms. The van der Waals surface area contributed by atoms with Gasteiger partial charge < -0.3 is 15.4 Å². The normalized spacial score (nSPS) is 16.9. The van der Waals surface area contributed by atoms with Gasteiger partial charge in [-0.1, -0.05) is 42.1 Å². The molecule has 0 aliphatic carbocycles. The highest BCUT2D eigenvalue weighted by molar-refractivity contribution is 8.02. The van der Waals surface area contributed by atoms with Gasteiger partial charge >= 0.3 is 6.18 Å². The molecule has 3 nitrogen and oxygen atoms in total. The molecular weight excluding hydrogens is 361 g/mol. The first-order valence-corrected chi connectivity index (χ1v) is 9.10. The Bertz CT molecular complexity index is 779. The average Bonchev–Trinajstić information content (AvgIpc) is 3.06. The third-order valence-corrected chi connectivity index (χ3v) is 4.88. The molecular formula is C19H19F3N2OS. The van der Waals surface area contributed by atoms with Crippen LogP contribution in [-0.2, 0) is 19.1 Å². The second-order valence-corrected chi connectivity index (χ2v) is 6.83. The minimum absolute atomic E-state index is 0.242. The Balaban J connectivity index is 1.61. The lowest BCUT2D eigenvalue weighted by Gasteiger charge is -2.25. The molecule has 0 bridgehead atoms. The lowest BCUT2D eigenvalue weighted by atomic mass is 10.1. The van der Waals surface area contributed by atoms with E-state index in [2.05, 4.69) is 0 Å². The van der Waals surface area contributed by atoms with E-state index in [0.717, 1.165) is 17.4 Å². The van der Waals surface area contributed by atoms with Crippen molar-refractivity contribution >= 4 is 11.8 Å². The first kappa shape index (κ1) is 18.7. The number of alkyl halides is 3. The van der Waals surface area contributed by atoms with Crippen molar-refractivity contribution in [2.24, 2.45) is 5.73 Å². The van der Waals surface area contributed by atoms with Gasteiger partial charge in [-0.25, -0.2) is 0 Å². The number of nitrogens with two attached hydrogens (primary N) is 1. The molecule has 2 aromatic rings. The molecule has 0 saturated heterocycles. The van der Waals surface area contributed by atoms with Crippen molar-refractivity contribution in [2.75, 3.05) is 6.54 Å². The number of ether oxygens (including phenoxy) is 1. The summed E-state index contributed by atoms with van der Waals surface area (Å²) in [6.45, 7) is 0.999. The molecule has 1 aliphatic heterocycles. The molecule has 26 heavy (non-hydrogen) atoms. The van der Waals surface area contributed by atoms with Crippen molar-refractivity contribution < 1.29 is 17.9 Å². The standard InChI is InChI=1S/C19H19F3N2OS/c20-19(21,22)16-5-1-3-14(11-16)7-8-24-9-10-26-18(24)25-17-6-2-4-15(12-17)13-23/h1-6,9-12,18H,7-8,13,23H2. The van der Waals surface area contributed by atoms with Gasteiger partial charge in [0, 0.05) is 19.3 Å². The number of thioether (sulfide) groups is 1. The van der Waals surface area contributed by atoms with Crippen LogP contribution in [0.2, 0.25) is 0 Å². The number of benzene rings is 2. The van der Waals surface area contributed by atoms with E-state index in [9.17, 15) is 13.2 Å². The molecule has 1 heterocycles. The van der Waals surface area contributed by atoms with Crippen LogP contribution in [0.1, 0.15) is 16.7 Å². The Kier molecular flexibility index (Phi) is 5.78. The smallest absolute Gasteiger partial charge is 0.416 e. The predicted molar refractivity (Wildman–Crippen MR) is 97.3 cm³/mol. The average molecular weight is 380 g/mol. The van der Waals surface area contributed by atoms with E-state index in [-0.39, 0.29) is 5.56 Å². The summed E-state index contributed by atoms with van der Waals surface area (Å²) in [5.74, 6) is 0.721. The molecule has 0 aromatic heterocycles. The Morgan fingerprint density at radius 1 is 1.08 bits per heavy atom. The zero-order valence-corrected chi connectivity index (χ0v) is 14.8. The maximum Gasteiger partial charge on any atom is 0.416 e. The van der Waals surface area contributed by atoms with Crippen LogP contribution in [-0.4, -0.2) is 17.0 Å². The fourth-order valence-electron chi connectivity index (χ4n) is 2.63. The van der Waals surface area contributed by atoms with Gasteiger partial charge in [0.25, 0.3) is 0 Å². The fourth-order valence-corrected chi connectivity index (χ4v) is 3.49. The lowest BCUT2D eigenvalue weighted by Crippen LogP contribution is -2.31. The Labute approximate surface area is 154 Å². The van der Waals surface area contributed by atoms with E-state index in [4.69, 9.17) is 10.5 Å². The highest BCUT2D eigenvalue weighted by atomic mass is 32.2. The molecule has 3 rings (SSSR count). The first-order chi connectivity index (χ1) is 12.5. The number of rotatable bonds is 6. The van der Waals surface area contributed by atoms with Crippen LogP contribution in [0, 0.1) is 0 Å². The summed E-state index contributed by atoms with van der Waals surface area (Å²) in [5.41, 5.74) is 6.41. The first-order valence-electron chi connectivity index (χ1n) is 8.15. The van der Waals surface area contributed by atoms with Crippen molar-refractivity contribution in [2.45, 2.75) is 24.7 Å². The summed E-state index contributed by atoms with van der Waals surface area (Å²) in [4.78, 5) is 1.97. The van der Waals surface area contributed by atoms with E-state index < -0.39 is 11.7 Å². The zero-order valence-electron chi connectivity index (χ0n) is 13.9. The lowest BCUT2D eigenvalue weighted by molar-refractivity contribution is -0.137. The maximum absolute atomic E-state index is 12.8. The van der Waals surface area contributed by atoms with Gasteiger partial charge in [-0.2, -0.15) is 13.2 Å². The molecule has 2 aromatic carbocycles. The Morgan fingerprint density at radius 3 is 2.62 bits per heavy atom. The van der Waals surface area contributed by atoms with Gasteiger partial charge in [0.15, 0.2) is 0 Å². The highest BCUT2D eigenvalue weighted by Gasteiger charge is 2.30. The molecule has 1 aliphatic rings. The van der Waals surface area contributed by atoms with Crippen LogP contribution in [0.5, 0.6) is 5.75 Å². The second-order valence-electron chi connectivity index (χ2n) is 5.88. The summed E-state index contributed by atoms with van der Waals surface area (Å²) in [6, 6.07) is 13.0. The van der Waals surface area contributed by atoms with Gasteiger partial charge in [-0.15, -0.1) is 0 Å². The van der Waals surface area contributed by atoms with Crippen LogP contribution < -0.4 is 10.5 Å². The van der Waals surface area contributed by atoms with E-state index in [1.807, 2.05) is 40.8 Å². The molecule has 138 valence electrons. The largest absolute Gasteiger partial charge is 0.461 e. The maximum atomic E-state index is 12.8. The van der Waals surface area contributed by atoms with E-state index in [0.29, 0.717) is 25.1 Å². The third-order valence-electron chi connectivity index (χ3n) is 4.00. The molecule has 0 radical (unpaired) electrons. The van der Waals surface area contributed by atoms with Gasteiger partial charge in [-0.3, -0.25) is 0 Å². The van der Waals surface area contributed by atoms with E-state index in [1.165, 1.54) is 23.9 Å². The van der Waals surface area contributed by atoms with Gasteiger partial charge in [0.2, 0.25) is 5.56 Å². The third kappa shape index (κ3) is 4.74. The summed E-state index contributed by atoms with van der Waals surface area (Å²) >= 11 is 1.51. The molecule has 2 N–H and O–H groups in total. The van der Waals surface area contributed by atoms with Crippen molar-refractivity contribution in [3.05, 3.63) is 76.8 Å². The predicted octanol–water partition coefficient (Wildman–Crippen LogP) is 4.59. The SMILES string of the molecule is NCc1cccc(OC2SC=CN2CCc2cccc(C(F)(F)F)c2)c1. The van der Waals surface area contributed by atoms with Crippen molar-refractivity contribution in [3.63, 3.8) is 0 Å². The van der Waals surface area contributed by atoms with Crippen molar-refractivity contribution in [1.29, 1.82) is 0 Å². The summed E-state index contributed by atoms with van der Waals surface area (Å²) < 4.78 is 44.5. The van der Waals surface area contributed by atoms with Crippen LogP contribution >= 0.6 is 11.8 Å². The number of halogens is 3. The molecule has 0 saturated carbocycles. The van der Waals surface area contributed by atoms with Crippen molar-refractivity contribution in [1.82, 2.24) is 4.90 Å². The topological polar surface area (TPSA) is 38.5 Å². The van der Waals surface area contributed by atoms with Crippen LogP contribution in [0.25, 0.3) is 0 Å². The van der Waals surface area contributed by atoms with E-state index >= 15 is 0 Å². The highest BCUT2D eigenvalue weighted by Crippen LogP contribution is 2.31. The minimum atomic E-state index is -4.32. The monoisotopic (exact) mass is 380 g/mol. The van der Waals surface area contributed by atoms with Gasteiger partial charge in [0.05, 0.1) is 5.56 Å². The second kappa shape index (κ2) is 8.05.